The summed E-state index contributed by atoms with van der Waals surface area (Å²) in [6, 6.07) is 0. The van der Waals surface area contributed by atoms with Crippen LogP contribution in [0.25, 0.3) is 0 Å². The molecule has 5 nitrogen and oxygen atoms in total. The van der Waals surface area contributed by atoms with E-state index >= 15 is 0 Å². The molecule has 0 amide bonds. The standard InChI is InChI=1S/C55H102O5/c1-4-7-10-13-16-19-22-24-26-27-28-30-32-35-38-41-44-47-50-58-51-53(60-55(57)49-46-43-40-37-33-21-18-15-12-9-6-3)52-59-54(56)48-45-42-39-36-34-31-29-25-23-20-17-14-11-8-5-2/h17,20,24-26,29,53H,4-16,18-19,21-23,27-28,30-52H2,1-3H3/b20-17-,26-24-,29-25-. The predicted octanol–water partition coefficient (Wildman–Crippen LogP) is 17.8. The Balaban J connectivity index is 4.22. The van der Waals surface area contributed by atoms with Crippen LogP contribution in [0.3, 0.4) is 0 Å². The molecule has 1 unspecified atom stereocenters. The van der Waals surface area contributed by atoms with Crippen LogP contribution in [0.2, 0.25) is 0 Å². The molecule has 5 heteroatoms. The molecule has 0 aromatic heterocycles. The van der Waals surface area contributed by atoms with Crippen molar-refractivity contribution in [1.82, 2.24) is 0 Å². The first-order valence-electron chi connectivity index (χ1n) is 26.5. The van der Waals surface area contributed by atoms with Gasteiger partial charge in [-0.3, -0.25) is 9.59 Å². The Hall–Kier alpha value is -1.88. The van der Waals surface area contributed by atoms with Crippen LogP contribution in [0.15, 0.2) is 36.5 Å². The maximum Gasteiger partial charge on any atom is 0.306 e. The Kier molecular flexibility index (Phi) is 49.9. The Morgan fingerprint density at radius 2 is 0.700 bits per heavy atom. The fraction of sp³-hybridized carbons (Fsp3) is 0.855. The van der Waals surface area contributed by atoms with Crippen LogP contribution in [0.5, 0.6) is 0 Å². The Morgan fingerprint density at radius 1 is 0.367 bits per heavy atom. The molecule has 0 bridgehead atoms. The summed E-state index contributed by atoms with van der Waals surface area (Å²) in [5.74, 6) is -0.402. The van der Waals surface area contributed by atoms with Gasteiger partial charge in [-0.05, 0) is 77.0 Å². The first-order valence-corrected chi connectivity index (χ1v) is 26.5. The number of carbonyl (C=O) groups excluding carboxylic acids is 2. The summed E-state index contributed by atoms with van der Waals surface area (Å²) in [5.41, 5.74) is 0. The zero-order valence-corrected chi connectivity index (χ0v) is 40.5. The van der Waals surface area contributed by atoms with Crippen molar-refractivity contribution in [3.63, 3.8) is 0 Å². The molecule has 0 aliphatic heterocycles. The molecule has 0 aromatic carbocycles. The van der Waals surface area contributed by atoms with E-state index < -0.39 is 6.10 Å². The molecule has 352 valence electrons. The molecule has 0 aromatic rings. The van der Waals surface area contributed by atoms with Crippen LogP contribution in [-0.4, -0.2) is 37.9 Å². The molecular formula is C55H102O5. The van der Waals surface area contributed by atoms with Gasteiger partial charge < -0.3 is 14.2 Å². The number of unbranched alkanes of at least 4 members (excludes halogenated alkanes) is 32. The summed E-state index contributed by atoms with van der Waals surface area (Å²) in [5, 5.41) is 0. The lowest BCUT2D eigenvalue weighted by molar-refractivity contribution is -0.163. The van der Waals surface area contributed by atoms with E-state index in [1.165, 1.54) is 186 Å². The normalized spacial score (nSPS) is 12.4. The van der Waals surface area contributed by atoms with E-state index in [2.05, 4.69) is 57.2 Å². The van der Waals surface area contributed by atoms with Crippen molar-refractivity contribution in [2.24, 2.45) is 0 Å². The summed E-state index contributed by atoms with van der Waals surface area (Å²) in [7, 11) is 0. The minimum atomic E-state index is -0.538. The van der Waals surface area contributed by atoms with E-state index in [0.29, 0.717) is 19.4 Å². The summed E-state index contributed by atoms with van der Waals surface area (Å²) in [6.07, 6.45) is 61.5. The molecule has 0 fully saturated rings. The van der Waals surface area contributed by atoms with Crippen LogP contribution in [0.4, 0.5) is 0 Å². The fourth-order valence-corrected chi connectivity index (χ4v) is 7.65. The second-order valence-electron chi connectivity index (χ2n) is 17.8. The quantitative estimate of drug-likeness (QED) is 0.0347. The molecule has 0 aliphatic carbocycles. The molecule has 0 heterocycles. The van der Waals surface area contributed by atoms with Crippen LogP contribution >= 0.6 is 0 Å². The lowest BCUT2D eigenvalue weighted by atomic mass is 10.1. The molecule has 0 saturated carbocycles. The van der Waals surface area contributed by atoms with E-state index in [1.807, 2.05) is 0 Å². The van der Waals surface area contributed by atoms with Gasteiger partial charge in [-0.15, -0.1) is 0 Å². The van der Waals surface area contributed by atoms with Gasteiger partial charge in [0.15, 0.2) is 6.10 Å². The smallest absolute Gasteiger partial charge is 0.306 e. The van der Waals surface area contributed by atoms with E-state index in [9.17, 15) is 9.59 Å². The zero-order chi connectivity index (χ0) is 43.5. The third-order valence-corrected chi connectivity index (χ3v) is 11.6. The van der Waals surface area contributed by atoms with E-state index in [-0.39, 0.29) is 25.2 Å². The van der Waals surface area contributed by atoms with Crippen molar-refractivity contribution < 1.29 is 23.8 Å². The molecule has 0 aliphatic rings. The average molecular weight is 843 g/mol. The average Bonchev–Trinajstić information content (AvgIpc) is 3.25. The highest BCUT2D eigenvalue weighted by molar-refractivity contribution is 5.70. The lowest BCUT2D eigenvalue weighted by Gasteiger charge is -2.18. The van der Waals surface area contributed by atoms with Gasteiger partial charge in [0.1, 0.15) is 6.61 Å². The summed E-state index contributed by atoms with van der Waals surface area (Å²) >= 11 is 0. The number of hydrogen-bond acceptors (Lipinski definition) is 5. The molecule has 60 heavy (non-hydrogen) atoms. The van der Waals surface area contributed by atoms with Gasteiger partial charge in [-0.1, -0.05) is 224 Å². The van der Waals surface area contributed by atoms with Gasteiger partial charge in [0, 0.05) is 19.4 Å². The van der Waals surface area contributed by atoms with Crippen molar-refractivity contribution in [3.8, 4) is 0 Å². The van der Waals surface area contributed by atoms with E-state index in [0.717, 1.165) is 57.8 Å². The van der Waals surface area contributed by atoms with Crippen molar-refractivity contribution in [3.05, 3.63) is 36.5 Å². The van der Waals surface area contributed by atoms with Crippen LogP contribution in [0, 0.1) is 0 Å². The monoisotopic (exact) mass is 843 g/mol. The largest absolute Gasteiger partial charge is 0.462 e. The summed E-state index contributed by atoms with van der Waals surface area (Å²) in [6.45, 7) is 7.81. The van der Waals surface area contributed by atoms with Gasteiger partial charge in [0.2, 0.25) is 0 Å². The SMILES string of the molecule is CCCCC/C=C\C/C=C\CCCCCCCC(=O)OCC(COCCCCCCCCCC/C=C\CCCCCCCC)OC(=O)CCCCCCCCCCCCC. The molecule has 0 saturated heterocycles. The Bertz CT molecular complexity index is 955. The van der Waals surface area contributed by atoms with E-state index in [1.54, 1.807) is 0 Å². The van der Waals surface area contributed by atoms with Crippen LogP contribution in [-0.2, 0) is 23.8 Å². The lowest BCUT2D eigenvalue weighted by Crippen LogP contribution is -2.30. The fourth-order valence-electron chi connectivity index (χ4n) is 7.65. The van der Waals surface area contributed by atoms with Gasteiger partial charge in [0.05, 0.1) is 6.61 Å². The first-order chi connectivity index (χ1) is 29.6. The molecule has 0 rings (SSSR count). The van der Waals surface area contributed by atoms with Crippen molar-refractivity contribution in [1.29, 1.82) is 0 Å². The van der Waals surface area contributed by atoms with Crippen molar-refractivity contribution in [2.45, 2.75) is 284 Å². The molecule has 0 N–H and O–H groups in total. The van der Waals surface area contributed by atoms with Crippen LogP contribution in [0.1, 0.15) is 278 Å². The maximum atomic E-state index is 12.8. The summed E-state index contributed by atoms with van der Waals surface area (Å²) in [4.78, 5) is 25.4. The second kappa shape index (κ2) is 51.5. The highest BCUT2D eigenvalue weighted by atomic mass is 16.6. The van der Waals surface area contributed by atoms with Crippen molar-refractivity contribution in [2.75, 3.05) is 19.8 Å². The predicted molar refractivity (Wildman–Crippen MR) is 261 cm³/mol. The molecular weight excluding hydrogens is 741 g/mol. The second-order valence-corrected chi connectivity index (χ2v) is 17.8. The van der Waals surface area contributed by atoms with Gasteiger partial charge >= 0.3 is 11.9 Å². The number of rotatable bonds is 49. The summed E-state index contributed by atoms with van der Waals surface area (Å²) < 4.78 is 17.4. The van der Waals surface area contributed by atoms with Gasteiger partial charge in [-0.25, -0.2) is 0 Å². The highest BCUT2D eigenvalue weighted by Gasteiger charge is 2.17. The zero-order valence-electron chi connectivity index (χ0n) is 40.5. The molecule has 0 radical (unpaired) electrons. The third-order valence-electron chi connectivity index (χ3n) is 11.6. The topological polar surface area (TPSA) is 61.8 Å². The number of ether oxygens (including phenoxy) is 3. The highest BCUT2D eigenvalue weighted by Crippen LogP contribution is 2.15. The number of carbonyl (C=O) groups is 2. The van der Waals surface area contributed by atoms with E-state index in [4.69, 9.17) is 14.2 Å². The van der Waals surface area contributed by atoms with Gasteiger partial charge in [-0.2, -0.15) is 0 Å². The number of hydrogen-bond donors (Lipinski definition) is 0. The Labute approximate surface area is 374 Å². The third kappa shape index (κ3) is 48.8. The van der Waals surface area contributed by atoms with Crippen molar-refractivity contribution >= 4 is 11.9 Å². The minimum absolute atomic E-state index is 0.0814. The number of allylic oxidation sites excluding steroid dienone is 6. The first kappa shape index (κ1) is 58.1. The molecule has 0 spiro atoms. The maximum absolute atomic E-state index is 12.8. The van der Waals surface area contributed by atoms with Crippen LogP contribution < -0.4 is 0 Å². The minimum Gasteiger partial charge on any atom is -0.462 e. The van der Waals surface area contributed by atoms with Gasteiger partial charge in [0.25, 0.3) is 0 Å². The Morgan fingerprint density at radius 3 is 1.15 bits per heavy atom. The molecule has 1 atom stereocenters. The number of esters is 2.